The third-order valence-corrected chi connectivity index (χ3v) is 4.63. The molecule has 0 saturated heterocycles. The number of carbonyl (C=O) groups is 1. The Hall–Kier alpha value is -2.15. The van der Waals surface area contributed by atoms with Crippen molar-refractivity contribution in [3.05, 3.63) is 35.0 Å². The fraction of sp³-hybridized carbons (Fsp3) is 0.412. The SMILES string of the molecule is CCOC(=O)C1=C(C)N(C)C(SC)=N[C@@H]1c1ccc(O)c(OC)c1. The maximum atomic E-state index is 12.5. The number of ether oxygens (including phenoxy) is 2. The van der Waals surface area contributed by atoms with Crippen LogP contribution in [0.3, 0.4) is 0 Å². The lowest BCUT2D eigenvalue weighted by atomic mass is 9.96. The summed E-state index contributed by atoms with van der Waals surface area (Å²) in [6.07, 6.45) is 1.94. The summed E-state index contributed by atoms with van der Waals surface area (Å²) in [5.41, 5.74) is 2.04. The average Bonchev–Trinajstić information content (AvgIpc) is 2.57. The van der Waals surface area contributed by atoms with Crippen molar-refractivity contribution in [3.8, 4) is 11.5 Å². The summed E-state index contributed by atoms with van der Waals surface area (Å²) >= 11 is 1.51. The molecule has 1 N–H and O–H groups in total. The Bertz CT molecular complexity index is 700. The van der Waals surface area contributed by atoms with E-state index in [0.29, 0.717) is 17.9 Å². The van der Waals surface area contributed by atoms with E-state index in [1.807, 2.05) is 25.1 Å². The first-order valence-electron chi connectivity index (χ1n) is 7.54. The van der Waals surface area contributed by atoms with Crippen molar-refractivity contribution in [3.63, 3.8) is 0 Å². The van der Waals surface area contributed by atoms with Crippen molar-refractivity contribution >= 4 is 22.9 Å². The molecule has 0 saturated carbocycles. The minimum atomic E-state index is -0.503. The van der Waals surface area contributed by atoms with Gasteiger partial charge >= 0.3 is 5.97 Å². The number of phenols is 1. The van der Waals surface area contributed by atoms with Crippen LogP contribution < -0.4 is 4.74 Å². The van der Waals surface area contributed by atoms with E-state index in [0.717, 1.165) is 16.4 Å². The summed E-state index contributed by atoms with van der Waals surface area (Å²) in [7, 11) is 3.36. The molecule has 0 radical (unpaired) electrons. The molecule has 0 aliphatic carbocycles. The molecule has 1 aromatic carbocycles. The van der Waals surface area contributed by atoms with E-state index in [1.165, 1.54) is 18.9 Å². The first-order valence-corrected chi connectivity index (χ1v) is 8.77. The lowest BCUT2D eigenvalue weighted by molar-refractivity contribution is -0.139. The number of methoxy groups -OCH3 is 1. The molecule has 24 heavy (non-hydrogen) atoms. The van der Waals surface area contributed by atoms with Crippen LogP contribution in [0.25, 0.3) is 0 Å². The van der Waals surface area contributed by atoms with E-state index < -0.39 is 6.04 Å². The van der Waals surface area contributed by atoms with E-state index in [-0.39, 0.29) is 11.7 Å². The van der Waals surface area contributed by atoms with Gasteiger partial charge in [-0.2, -0.15) is 0 Å². The molecule has 1 atom stereocenters. The highest BCUT2D eigenvalue weighted by atomic mass is 32.2. The zero-order chi connectivity index (χ0) is 17.9. The van der Waals surface area contributed by atoms with Crippen LogP contribution in [0.1, 0.15) is 25.5 Å². The van der Waals surface area contributed by atoms with Gasteiger partial charge in [0.15, 0.2) is 16.7 Å². The van der Waals surface area contributed by atoms with E-state index in [2.05, 4.69) is 0 Å². The standard InChI is InChI=1S/C17H22N2O4S/c1-6-23-16(21)14-10(2)19(3)17(24-5)18-15(14)11-7-8-12(20)13(9-11)22-4/h7-9,15,20H,6H2,1-5H3/t15-/m1/s1. The maximum absolute atomic E-state index is 12.5. The van der Waals surface area contributed by atoms with Crippen molar-refractivity contribution in [2.75, 3.05) is 27.0 Å². The lowest BCUT2D eigenvalue weighted by Crippen LogP contribution is -2.32. The number of amidine groups is 1. The molecule has 1 aliphatic rings. The van der Waals surface area contributed by atoms with Gasteiger partial charge in [-0.3, -0.25) is 0 Å². The lowest BCUT2D eigenvalue weighted by Gasteiger charge is -2.31. The van der Waals surface area contributed by atoms with Gasteiger partial charge in [-0.1, -0.05) is 17.8 Å². The third-order valence-electron chi connectivity index (χ3n) is 3.89. The first-order chi connectivity index (χ1) is 11.4. The van der Waals surface area contributed by atoms with Gasteiger partial charge in [-0.05, 0) is 37.8 Å². The van der Waals surface area contributed by atoms with Gasteiger partial charge in [0, 0.05) is 12.7 Å². The minimum Gasteiger partial charge on any atom is -0.504 e. The third kappa shape index (κ3) is 3.36. The number of hydrogen-bond donors (Lipinski definition) is 1. The van der Waals surface area contributed by atoms with Crippen molar-refractivity contribution in [1.29, 1.82) is 0 Å². The monoisotopic (exact) mass is 350 g/mol. The Balaban J connectivity index is 2.57. The van der Waals surface area contributed by atoms with Gasteiger partial charge in [-0.15, -0.1) is 0 Å². The normalized spacial score (nSPS) is 17.6. The Morgan fingerprint density at radius 3 is 2.75 bits per heavy atom. The highest BCUT2D eigenvalue weighted by molar-refractivity contribution is 8.13. The number of aliphatic imine (C=N–C) groups is 1. The molecule has 130 valence electrons. The number of phenolic OH excluding ortho intramolecular Hbond substituents is 1. The second-order valence-electron chi connectivity index (χ2n) is 5.23. The highest BCUT2D eigenvalue weighted by Gasteiger charge is 2.33. The van der Waals surface area contributed by atoms with Gasteiger partial charge < -0.3 is 19.5 Å². The number of esters is 1. The molecule has 1 aliphatic heterocycles. The molecule has 1 heterocycles. The van der Waals surface area contributed by atoms with Gasteiger partial charge in [0.1, 0.15) is 6.04 Å². The quantitative estimate of drug-likeness (QED) is 0.842. The van der Waals surface area contributed by atoms with E-state index >= 15 is 0 Å². The molecule has 0 fully saturated rings. The number of rotatable bonds is 4. The first kappa shape index (κ1) is 18.2. The van der Waals surface area contributed by atoms with E-state index in [4.69, 9.17) is 14.5 Å². The van der Waals surface area contributed by atoms with Crippen LogP contribution in [0.5, 0.6) is 11.5 Å². The summed E-state index contributed by atoms with van der Waals surface area (Å²) in [6.45, 7) is 3.95. The fourth-order valence-electron chi connectivity index (χ4n) is 2.55. The Labute approximate surface area is 146 Å². The Morgan fingerprint density at radius 2 is 2.17 bits per heavy atom. The molecule has 6 nitrogen and oxygen atoms in total. The molecule has 0 amide bonds. The summed E-state index contributed by atoms with van der Waals surface area (Å²) in [5, 5.41) is 10.6. The molecule has 2 rings (SSSR count). The molecular weight excluding hydrogens is 328 g/mol. The molecule has 0 unspecified atom stereocenters. The smallest absolute Gasteiger partial charge is 0.338 e. The molecule has 0 spiro atoms. The van der Waals surface area contributed by atoms with Gasteiger partial charge in [-0.25, -0.2) is 9.79 Å². The van der Waals surface area contributed by atoms with E-state index in [1.54, 1.807) is 25.1 Å². The van der Waals surface area contributed by atoms with Crippen molar-refractivity contribution < 1.29 is 19.4 Å². The van der Waals surface area contributed by atoms with Crippen LogP contribution in [0, 0.1) is 0 Å². The minimum absolute atomic E-state index is 0.0432. The molecular formula is C17H22N2O4S. The van der Waals surface area contributed by atoms with Crippen molar-refractivity contribution in [2.45, 2.75) is 19.9 Å². The van der Waals surface area contributed by atoms with Crippen LogP contribution >= 0.6 is 11.8 Å². The zero-order valence-electron chi connectivity index (χ0n) is 14.5. The van der Waals surface area contributed by atoms with Crippen LogP contribution in [-0.2, 0) is 9.53 Å². The second-order valence-corrected chi connectivity index (χ2v) is 6.00. The van der Waals surface area contributed by atoms with Gasteiger partial charge in [0.2, 0.25) is 0 Å². The van der Waals surface area contributed by atoms with Crippen LogP contribution in [-0.4, -0.2) is 48.2 Å². The molecule has 0 aromatic heterocycles. The van der Waals surface area contributed by atoms with Crippen molar-refractivity contribution in [2.24, 2.45) is 4.99 Å². The summed E-state index contributed by atoms with van der Waals surface area (Å²) in [5.74, 6) is -0.00220. The Kier molecular flexibility index (Phi) is 5.77. The number of benzene rings is 1. The second kappa shape index (κ2) is 7.61. The van der Waals surface area contributed by atoms with Crippen LogP contribution in [0.15, 0.2) is 34.5 Å². The maximum Gasteiger partial charge on any atom is 0.338 e. The summed E-state index contributed by atoms with van der Waals surface area (Å²) in [4.78, 5) is 19.1. The van der Waals surface area contributed by atoms with Crippen molar-refractivity contribution in [1.82, 2.24) is 4.90 Å². The molecule has 7 heteroatoms. The topological polar surface area (TPSA) is 71.4 Å². The number of thioether (sulfide) groups is 1. The molecule has 1 aromatic rings. The number of nitrogens with zero attached hydrogens (tertiary/aromatic N) is 2. The zero-order valence-corrected chi connectivity index (χ0v) is 15.3. The summed E-state index contributed by atoms with van der Waals surface area (Å²) in [6, 6.07) is 4.47. The number of hydrogen-bond acceptors (Lipinski definition) is 7. The molecule has 0 bridgehead atoms. The van der Waals surface area contributed by atoms with Crippen LogP contribution in [0.2, 0.25) is 0 Å². The predicted molar refractivity (Wildman–Crippen MR) is 95.4 cm³/mol. The fourth-order valence-corrected chi connectivity index (χ4v) is 3.17. The number of aromatic hydroxyl groups is 1. The van der Waals surface area contributed by atoms with E-state index in [9.17, 15) is 9.90 Å². The number of carbonyl (C=O) groups excluding carboxylic acids is 1. The largest absolute Gasteiger partial charge is 0.504 e. The van der Waals surface area contributed by atoms with Gasteiger partial charge in [0.25, 0.3) is 0 Å². The number of allylic oxidation sites excluding steroid dienone is 1. The average molecular weight is 350 g/mol. The Morgan fingerprint density at radius 1 is 1.46 bits per heavy atom. The van der Waals surface area contributed by atoms with Gasteiger partial charge in [0.05, 0.1) is 19.3 Å². The predicted octanol–water partition coefficient (Wildman–Crippen LogP) is 2.94. The summed E-state index contributed by atoms with van der Waals surface area (Å²) < 4.78 is 10.4. The van der Waals surface area contributed by atoms with Crippen LogP contribution in [0.4, 0.5) is 0 Å². The highest BCUT2D eigenvalue weighted by Crippen LogP contribution is 2.38.